The largest absolute Gasteiger partial charge is 0.394 e. The zero-order valence-electron chi connectivity index (χ0n) is 22.7. The molecule has 0 fully saturated rings. The predicted molar refractivity (Wildman–Crippen MR) is 101 cm³/mol. The number of nitrogens with zero attached hydrogens (tertiary/aromatic N) is 4. The Balaban J connectivity index is 2.32. The number of halogens is 1. The van der Waals surface area contributed by atoms with Crippen molar-refractivity contribution in [2.75, 3.05) is 6.56 Å². The highest BCUT2D eigenvalue weighted by molar-refractivity contribution is 6.30. The Hall–Kier alpha value is -2.97. The van der Waals surface area contributed by atoms with Gasteiger partial charge in [-0.05, 0) is 25.1 Å². The van der Waals surface area contributed by atoms with E-state index in [4.69, 9.17) is 23.9 Å². The van der Waals surface area contributed by atoms with Crippen LogP contribution in [0, 0.1) is 0 Å². The van der Waals surface area contributed by atoms with Gasteiger partial charge in [-0.2, -0.15) is 14.9 Å². The summed E-state index contributed by atoms with van der Waals surface area (Å²) in [5.41, 5.74) is -2.77. The first-order valence-electron chi connectivity index (χ1n) is 11.9. The third kappa shape index (κ3) is 4.07. The van der Waals surface area contributed by atoms with Crippen LogP contribution in [0.15, 0.2) is 47.4 Å². The Morgan fingerprint density at radius 1 is 1.48 bits per heavy atom. The number of aryl methyl sites for hydroxylation is 1. The van der Waals surface area contributed by atoms with E-state index in [-0.39, 0.29) is 11.4 Å². The van der Waals surface area contributed by atoms with E-state index in [2.05, 4.69) is 15.5 Å². The van der Waals surface area contributed by atoms with Crippen molar-refractivity contribution < 1.29 is 22.2 Å². The van der Waals surface area contributed by atoms with Crippen LogP contribution in [0.25, 0.3) is 16.9 Å². The Morgan fingerprint density at radius 3 is 2.85 bits per heavy atom. The lowest BCUT2D eigenvalue weighted by Crippen LogP contribution is -2.39. The fourth-order valence-corrected chi connectivity index (χ4v) is 2.20. The first-order chi connectivity index (χ1) is 16.4. The number of amides is 1. The third-order valence-corrected chi connectivity index (χ3v) is 3.55. The highest BCUT2D eigenvalue weighted by Gasteiger charge is 2.19. The monoisotopic (exact) mass is 396 g/mol. The van der Waals surface area contributed by atoms with Gasteiger partial charge >= 0.3 is 0 Å². The van der Waals surface area contributed by atoms with E-state index >= 15 is 0 Å². The maximum atomic E-state index is 13.2. The first kappa shape index (κ1) is 10.4. The minimum Gasteiger partial charge on any atom is -0.394 e. The molecule has 2 aromatic heterocycles. The number of nitrogens with one attached hydrogen (secondary N) is 1. The third-order valence-electron chi connectivity index (χ3n) is 3.36. The molecule has 0 aliphatic carbocycles. The zero-order chi connectivity index (χ0) is 27.3. The van der Waals surface area contributed by atoms with Gasteiger partial charge in [0.25, 0.3) is 11.5 Å². The number of carbonyl (C=O) groups is 1. The second-order valence-corrected chi connectivity index (χ2v) is 5.69. The van der Waals surface area contributed by atoms with Gasteiger partial charge in [-0.15, -0.1) is 0 Å². The van der Waals surface area contributed by atoms with Gasteiger partial charge in [-0.3, -0.25) is 14.3 Å². The van der Waals surface area contributed by atoms with Crippen molar-refractivity contribution in [2.24, 2.45) is 6.98 Å². The zero-order valence-corrected chi connectivity index (χ0v) is 14.5. The topological polar surface area (TPSA) is 102 Å². The van der Waals surface area contributed by atoms with E-state index in [0.29, 0.717) is 9.36 Å². The van der Waals surface area contributed by atoms with Gasteiger partial charge in [-0.1, -0.05) is 23.7 Å². The molecule has 27 heavy (non-hydrogen) atoms. The van der Waals surface area contributed by atoms with E-state index in [9.17, 15) is 14.7 Å². The van der Waals surface area contributed by atoms with Gasteiger partial charge in [0, 0.05) is 27.7 Å². The van der Waals surface area contributed by atoms with Crippen LogP contribution in [-0.2, 0) is 6.98 Å². The molecule has 0 spiro atoms. The van der Waals surface area contributed by atoms with Crippen LogP contribution in [0.5, 0.6) is 0 Å². The molecule has 0 aliphatic rings. The van der Waals surface area contributed by atoms with Crippen molar-refractivity contribution in [3.8, 4) is 16.9 Å². The maximum Gasteiger partial charge on any atom is 0.284 e. The minimum atomic E-state index is -2.84. The predicted octanol–water partition coefficient (Wildman–Crippen LogP) is 1.40. The van der Waals surface area contributed by atoms with Crippen LogP contribution >= 0.6 is 11.6 Å². The number of carbonyl (C=O) groups excluding carboxylic acids is 1. The van der Waals surface area contributed by atoms with E-state index in [0.717, 1.165) is 25.4 Å². The Kier molecular flexibility index (Phi) is 2.97. The molecule has 0 unspecified atom stereocenters. The van der Waals surface area contributed by atoms with E-state index < -0.39 is 71.4 Å². The maximum absolute atomic E-state index is 13.2. The fraction of sp³-hybridized carbons (Fsp3) is 0.222. The van der Waals surface area contributed by atoms with Gasteiger partial charge in [0.1, 0.15) is 11.3 Å². The van der Waals surface area contributed by atoms with Crippen LogP contribution in [0.4, 0.5) is 0 Å². The molecule has 3 rings (SSSR count). The first-order valence-corrected chi connectivity index (χ1v) is 7.82. The van der Waals surface area contributed by atoms with Crippen LogP contribution in [0.2, 0.25) is 5.02 Å². The fourth-order valence-electron chi connectivity index (χ4n) is 2.11. The lowest BCUT2D eigenvalue weighted by molar-refractivity contribution is 0.0920. The quantitative estimate of drug-likeness (QED) is 0.678. The van der Waals surface area contributed by atoms with Gasteiger partial charge in [0.15, 0.2) is 0 Å². The van der Waals surface area contributed by atoms with Gasteiger partial charge in [0.2, 0.25) is 0 Å². The summed E-state index contributed by atoms with van der Waals surface area (Å²) < 4.78 is 70.5. The number of aliphatic hydroxyl groups is 1. The smallest absolute Gasteiger partial charge is 0.284 e. The molecule has 0 radical (unpaired) electrons. The summed E-state index contributed by atoms with van der Waals surface area (Å²) in [4.78, 5) is 26.0. The van der Waals surface area contributed by atoms with Crippen molar-refractivity contribution in [1.82, 2.24) is 24.9 Å². The summed E-state index contributed by atoms with van der Waals surface area (Å²) in [7, 11) is 0. The summed E-state index contributed by atoms with van der Waals surface area (Å²) in [5, 5.41) is 18.9. The molecule has 0 saturated carbocycles. The second-order valence-electron chi connectivity index (χ2n) is 5.32. The van der Waals surface area contributed by atoms with Gasteiger partial charge < -0.3 is 10.4 Å². The molecule has 3 aromatic rings. The molecule has 140 valence electrons. The molecule has 9 heteroatoms. The number of rotatable bonds is 5. The van der Waals surface area contributed by atoms with Crippen LogP contribution in [0.1, 0.15) is 29.6 Å². The molecule has 1 atom stereocenters. The van der Waals surface area contributed by atoms with Crippen molar-refractivity contribution in [3.63, 3.8) is 0 Å². The molecule has 8 nitrogen and oxygen atoms in total. The van der Waals surface area contributed by atoms with Gasteiger partial charge in [0.05, 0.1) is 32.9 Å². The summed E-state index contributed by atoms with van der Waals surface area (Å²) >= 11 is 5.85. The molecule has 1 amide bonds. The SMILES string of the molecule is [2H]c1c([2H])c(-c2cc(C(=O)N[C@@H](C)C([2H])([2H])O)c(=O)n(-c3cnn(C([2H])([2H])[2H])c3)n2)c([2H])c([2H])c1Cl. The number of benzene rings is 1. The van der Waals surface area contributed by atoms with Gasteiger partial charge in [-0.25, -0.2) is 0 Å². The Labute approximate surface area is 172 Å². The average Bonchev–Trinajstić information content (AvgIpc) is 3.27. The lowest BCUT2D eigenvalue weighted by Gasteiger charge is -2.13. The molecule has 2 heterocycles. The molecule has 0 saturated heterocycles. The normalized spacial score (nSPS) is 17.8. The standard InChI is InChI=1S/C18H18ClN5O3/c1-11(10-25)21-17(26)15-7-16(12-3-5-13(19)6-4-12)22-24(18(15)27)14-8-20-23(2)9-14/h3-9,11,25H,10H2,1-2H3,(H,21,26)/t11-/m0/s1/i2D3,3D,4D,5D,6D,10D2. The molecule has 1 aromatic carbocycles. The Bertz CT molecular complexity index is 1390. The van der Waals surface area contributed by atoms with Crippen molar-refractivity contribution in [3.05, 3.63) is 63.6 Å². The number of hydrogen-bond acceptors (Lipinski definition) is 5. The molecular weight excluding hydrogens is 370 g/mol. The highest BCUT2D eigenvalue weighted by Crippen LogP contribution is 2.20. The molecule has 0 bridgehead atoms. The summed E-state index contributed by atoms with van der Waals surface area (Å²) in [6, 6.07) is -3.04. The van der Waals surface area contributed by atoms with Crippen LogP contribution in [-0.4, -0.2) is 43.2 Å². The van der Waals surface area contributed by atoms with E-state index in [1.807, 2.05) is 0 Å². The Morgan fingerprint density at radius 2 is 2.22 bits per heavy atom. The summed E-state index contributed by atoms with van der Waals surface area (Å²) in [6.45, 7) is -4.41. The van der Waals surface area contributed by atoms with Crippen LogP contribution < -0.4 is 10.9 Å². The summed E-state index contributed by atoms with van der Waals surface area (Å²) in [5.74, 6) is -1.16. The van der Waals surface area contributed by atoms with Crippen molar-refractivity contribution in [1.29, 1.82) is 0 Å². The molecule has 2 N–H and O–H groups in total. The van der Waals surface area contributed by atoms with E-state index in [1.54, 1.807) is 0 Å². The average molecular weight is 397 g/mol. The summed E-state index contributed by atoms with van der Waals surface area (Å²) in [6.07, 6.45) is 1.91. The number of aromatic nitrogens is 4. The van der Waals surface area contributed by atoms with Crippen LogP contribution in [0.3, 0.4) is 0 Å². The highest BCUT2D eigenvalue weighted by atomic mass is 35.5. The lowest BCUT2D eigenvalue weighted by atomic mass is 10.1. The molecule has 0 aliphatic heterocycles. The molecular formula is C18H18ClN5O3. The van der Waals surface area contributed by atoms with Crippen molar-refractivity contribution in [2.45, 2.75) is 13.0 Å². The second kappa shape index (κ2) is 7.73. The van der Waals surface area contributed by atoms with E-state index in [1.165, 1.54) is 0 Å². The minimum absolute atomic E-state index is 0.207. The number of hydrogen-bond donors (Lipinski definition) is 2. The van der Waals surface area contributed by atoms with Crippen molar-refractivity contribution >= 4 is 17.5 Å².